The summed E-state index contributed by atoms with van der Waals surface area (Å²) in [6, 6.07) is 12.4. The standard InChI is InChI=1S/C17H16ClNO4/c1-21-14-7-6-11(18)8-13(14)17(20)19-9-12-10-22-15-4-2-3-5-16(15)23-12/h2-8,12H,9-10H2,1H3,(H,19,20)/t12-/m0/s1. The second-order valence-electron chi connectivity index (χ2n) is 5.05. The van der Waals surface area contributed by atoms with Crippen LogP contribution in [0.5, 0.6) is 17.2 Å². The van der Waals surface area contributed by atoms with Crippen LogP contribution < -0.4 is 19.5 Å². The molecule has 2 aromatic rings. The van der Waals surface area contributed by atoms with Gasteiger partial charge in [0.2, 0.25) is 0 Å². The van der Waals surface area contributed by atoms with E-state index in [0.29, 0.717) is 41.0 Å². The molecule has 1 amide bonds. The Bertz CT molecular complexity index is 719. The predicted octanol–water partition coefficient (Wildman–Crippen LogP) is 2.92. The summed E-state index contributed by atoms with van der Waals surface area (Å²) in [5.41, 5.74) is 0.386. The lowest BCUT2D eigenvalue weighted by molar-refractivity contribution is 0.0787. The van der Waals surface area contributed by atoms with Crippen molar-refractivity contribution in [1.82, 2.24) is 5.32 Å². The Labute approximate surface area is 139 Å². The van der Waals surface area contributed by atoms with E-state index in [0.717, 1.165) is 0 Å². The zero-order valence-corrected chi connectivity index (χ0v) is 13.3. The van der Waals surface area contributed by atoms with Crippen LogP contribution in [-0.2, 0) is 0 Å². The number of nitrogens with one attached hydrogen (secondary N) is 1. The molecular weight excluding hydrogens is 318 g/mol. The van der Waals surface area contributed by atoms with E-state index >= 15 is 0 Å². The highest BCUT2D eigenvalue weighted by molar-refractivity contribution is 6.31. The van der Waals surface area contributed by atoms with E-state index < -0.39 is 0 Å². The van der Waals surface area contributed by atoms with Gasteiger partial charge in [0, 0.05) is 5.02 Å². The Morgan fingerprint density at radius 1 is 1.30 bits per heavy atom. The molecule has 0 saturated heterocycles. The number of rotatable bonds is 4. The fraction of sp³-hybridized carbons (Fsp3) is 0.235. The maximum absolute atomic E-state index is 12.3. The van der Waals surface area contributed by atoms with Gasteiger partial charge in [-0.2, -0.15) is 0 Å². The normalized spacial score (nSPS) is 15.8. The molecular formula is C17H16ClNO4. The number of fused-ring (bicyclic) bond motifs is 1. The lowest BCUT2D eigenvalue weighted by Gasteiger charge is -2.26. The smallest absolute Gasteiger partial charge is 0.255 e. The van der Waals surface area contributed by atoms with Crippen molar-refractivity contribution >= 4 is 17.5 Å². The van der Waals surface area contributed by atoms with Crippen LogP contribution >= 0.6 is 11.6 Å². The van der Waals surface area contributed by atoms with Crippen LogP contribution in [0.1, 0.15) is 10.4 Å². The predicted molar refractivity (Wildman–Crippen MR) is 86.7 cm³/mol. The van der Waals surface area contributed by atoms with E-state index in [1.807, 2.05) is 24.3 Å². The fourth-order valence-electron chi connectivity index (χ4n) is 2.32. The van der Waals surface area contributed by atoms with E-state index in [1.165, 1.54) is 7.11 Å². The lowest BCUT2D eigenvalue weighted by atomic mass is 10.2. The molecule has 1 aliphatic rings. The van der Waals surface area contributed by atoms with Crippen molar-refractivity contribution in [2.45, 2.75) is 6.10 Å². The molecule has 120 valence electrons. The minimum absolute atomic E-state index is 0.251. The number of carbonyl (C=O) groups excluding carboxylic acids is 1. The van der Waals surface area contributed by atoms with E-state index in [2.05, 4.69) is 5.32 Å². The Morgan fingerprint density at radius 2 is 2.09 bits per heavy atom. The van der Waals surface area contributed by atoms with Crippen molar-refractivity contribution < 1.29 is 19.0 Å². The van der Waals surface area contributed by atoms with Crippen LogP contribution in [0.2, 0.25) is 5.02 Å². The molecule has 5 nitrogen and oxygen atoms in total. The van der Waals surface area contributed by atoms with E-state index in [-0.39, 0.29) is 12.0 Å². The van der Waals surface area contributed by atoms with Gasteiger partial charge in [-0.15, -0.1) is 0 Å². The minimum atomic E-state index is -0.271. The van der Waals surface area contributed by atoms with Gasteiger partial charge in [-0.25, -0.2) is 0 Å². The molecule has 0 bridgehead atoms. The zero-order chi connectivity index (χ0) is 16.2. The summed E-state index contributed by atoms with van der Waals surface area (Å²) < 4.78 is 16.6. The molecule has 0 radical (unpaired) electrons. The van der Waals surface area contributed by atoms with Gasteiger partial charge in [-0.3, -0.25) is 4.79 Å². The molecule has 1 heterocycles. The van der Waals surface area contributed by atoms with Gasteiger partial charge in [0.15, 0.2) is 11.5 Å². The Balaban J connectivity index is 1.63. The van der Waals surface area contributed by atoms with Gasteiger partial charge in [0.25, 0.3) is 5.91 Å². The summed E-state index contributed by atoms with van der Waals surface area (Å²) in [6.45, 7) is 0.701. The molecule has 3 rings (SSSR count). The Kier molecular flexibility index (Phi) is 4.57. The highest BCUT2D eigenvalue weighted by atomic mass is 35.5. The molecule has 1 N–H and O–H groups in total. The molecule has 0 aromatic heterocycles. The molecule has 23 heavy (non-hydrogen) atoms. The third-order valence-electron chi connectivity index (χ3n) is 3.46. The largest absolute Gasteiger partial charge is 0.496 e. The van der Waals surface area contributed by atoms with Crippen LogP contribution in [-0.4, -0.2) is 32.3 Å². The molecule has 1 atom stereocenters. The number of hydrogen-bond donors (Lipinski definition) is 1. The molecule has 2 aromatic carbocycles. The molecule has 0 fully saturated rings. The van der Waals surface area contributed by atoms with E-state index in [1.54, 1.807) is 18.2 Å². The zero-order valence-electron chi connectivity index (χ0n) is 12.5. The number of hydrogen-bond acceptors (Lipinski definition) is 4. The van der Waals surface area contributed by atoms with Crippen molar-refractivity contribution in [2.24, 2.45) is 0 Å². The SMILES string of the molecule is COc1ccc(Cl)cc1C(=O)NC[C@H]1COc2ccccc2O1. The second-order valence-corrected chi connectivity index (χ2v) is 5.49. The van der Waals surface area contributed by atoms with Gasteiger partial charge >= 0.3 is 0 Å². The maximum Gasteiger partial charge on any atom is 0.255 e. The number of ether oxygens (including phenoxy) is 3. The highest BCUT2D eigenvalue weighted by Crippen LogP contribution is 2.30. The van der Waals surface area contributed by atoms with Crippen molar-refractivity contribution in [3.05, 3.63) is 53.1 Å². The first kappa shape index (κ1) is 15.5. The van der Waals surface area contributed by atoms with Crippen LogP contribution in [0, 0.1) is 0 Å². The number of para-hydroxylation sites is 2. The number of halogens is 1. The summed E-state index contributed by atoms with van der Waals surface area (Å²) in [5.74, 6) is 1.59. The maximum atomic E-state index is 12.3. The first-order valence-electron chi connectivity index (χ1n) is 7.17. The van der Waals surface area contributed by atoms with Crippen LogP contribution in [0.3, 0.4) is 0 Å². The first-order chi connectivity index (χ1) is 11.2. The van der Waals surface area contributed by atoms with Gasteiger partial charge in [-0.1, -0.05) is 23.7 Å². The topological polar surface area (TPSA) is 56.8 Å². The van der Waals surface area contributed by atoms with Gasteiger partial charge in [-0.05, 0) is 30.3 Å². The quantitative estimate of drug-likeness (QED) is 0.934. The molecule has 0 unspecified atom stereocenters. The monoisotopic (exact) mass is 333 g/mol. The van der Waals surface area contributed by atoms with E-state index in [9.17, 15) is 4.79 Å². The number of amides is 1. The average Bonchev–Trinajstić information content (AvgIpc) is 2.59. The van der Waals surface area contributed by atoms with Gasteiger partial charge in [0.1, 0.15) is 18.5 Å². The summed E-state index contributed by atoms with van der Waals surface area (Å²) in [4.78, 5) is 12.3. The summed E-state index contributed by atoms with van der Waals surface area (Å²) in [5, 5.41) is 3.29. The van der Waals surface area contributed by atoms with Crippen LogP contribution in [0.15, 0.2) is 42.5 Å². The first-order valence-corrected chi connectivity index (χ1v) is 7.55. The fourth-order valence-corrected chi connectivity index (χ4v) is 2.50. The number of methoxy groups -OCH3 is 1. The molecule has 1 aliphatic heterocycles. The average molecular weight is 334 g/mol. The molecule has 0 spiro atoms. The third kappa shape index (κ3) is 3.51. The van der Waals surface area contributed by atoms with Crippen LogP contribution in [0.4, 0.5) is 0 Å². The Morgan fingerprint density at radius 3 is 2.87 bits per heavy atom. The van der Waals surface area contributed by atoms with Crippen molar-refractivity contribution in [2.75, 3.05) is 20.3 Å². The number of carbonyl (C=O) groups is 1. The molecule has 6 heteroatoms. The highest BCUT2D eigenvalue weighted by Gasteiger charge is 2.22. The van der Waals surface area contributed by atoms with Gasteiger partial charge in [0.05, 0.1) is 19.2 Å². The Hall–Kier alpha value is -2.40. The molecule has 0 saturated carbocycles. The summed E-state index contributed by atoms with van der Waals surface area (Å²) in [7, 11) is 1.51. The minimum Gasteiger partial charge on any atom is -0.496 e. The third-order valence-corrected chi connectivity index (χ3v) is 3.70. The van der Waals surface area contributed by atoms with E-state index in [4.69, 9.17) is 25.8 Å². The van der Waals surface area contributed by atoms with Crippen molar-refractivity contribution in [3.63, 3.8) is 0 Å². The molecule has 0 aliphatic carbocycles. The second kappa shape index (κ2) is 6.79. The van der Waals surface area contributed by atoms with Crippen LogP contribution in [0.25, 0.3) is 0 Å². The summed E-state index contributed by atoms with van der Waals surface area (Å²) >= 11 is 5.94. The summed E-state index contributed by atoms with van der Waals surface area (Å²) in [6.07, 6.45) is -0.251. The van der Waals surface area contributed by atoms with Gasteiger partial charge < -0.3 is 19.5 Å². The lowest BCUT2D eigenvalue weighted by Crippen LogP contribution is -2.40. The van der Waals surface area contributed by atoms with Crippen molar-refractivity contribution in [3.8, 4) is 17.2 Å². The van der Waals surface area contributed by atoms with Crippen molar-refractivity contribution in [1.29, 1.82) is 0 Å². The number of benzene rings is 2.